The van der Waals surface area contributed by atoms with Crippen molar-refractivity contribution in [3.8, 4) is 0 Å². The molecule has 0 radical (unpaired) electrons. The first kappa shape index (κ1) is 13.4. The fourth-order valence-corrected chi connectivity index (χ4v) is 3.67. The summed E-state index contributed by atoms with van der Waals surface area (Å²) >= 11 is 0. The van der Waals surface area contributed by atoms with Gasteiger partial charge in [0.2, 0.25) is 5.91 Å². The smallest absolute Gasteiger partial charge is 0.225 e. The van der Waals surface area contributed by atoms with Gasteiger partial charge in [-0.2, -0.15) is 0 Å². The molecule has 3 fully saturated rings. The summed E-state index contributed by atoms with van der Waals surface area (Å²) in [5, 5.41) is 3.65. The number of carbonyl (C=O) groups is 1. The number of carbonyl (C=O) groups excluding carboxylic acids is 1. The van der Waals surface area contributed by atoms with Gasteiger partial charge in [-0.1, -0.05) is 0 Å². The van der Waals surface area contributed by atoms with E-state index < -0.39 is 0 Å². The summed E-state index contributed by atoms with van der Waals surface area (Å²) < 4.78 is 0. The molecule has 1 atom stereocenters. The van der Waals surface area contributed by atoms with Crippen molar-refractivity contribution in [2.45, 2.75) is 51.1 Å². The summed E-state index contributed by atoms with van der Waals surface area (Å²) in [7, 11) is 0. The first-order valence-corrected chi connectivity index (χ1v) is 7.86. The van der Waals surface area contributed by atoms with Crippen LogP contribution in [0.4, 0.5) is 0 Å². The summed E-state index contributed by atoms with van der Waals surface area (Å²) in [4.78, 5) is 16.8. The Morgan fingerprint density at radius 2 is 1.79 bits per heavy atom. The standard InChI is InChI=1S/C15H27N3O/c1-15(2)13(4-3-7-16-15)17-8-10-18(11-9-17)14(19)12-5-6-12/h12-13,16H,3-11H2,1-2H3. The molecule has 0 bridgehead atoms. The van der Waals surface area contributed by atoms with Crippen molar-refractivity contribution >= 4 is 5.91 Å². The summed E-state index contributed by atoms with van der Waals surface area (Å²) in [6.45, 7) is 9.74. The predicted octanol–water partition coefficient (Wildman–Crippen LogP) is 1.07. The van der Waals surface area contributed by atoms with Gasteiger partial charge < -0.3 is 10.2 Å². The number of hydrogen-bond acceptors (Lipinski definition) is 3. The van der Waals surface area contributed by atoms with E-state index in [9.17, 15) is 4.79 Å². The van der Waals surface area contributed by atoms with E-state index in [0.717, 1.165) is 45.6 Å². The Balaban J connectivity index is 1.55. The minimum atomic E-state index is 0.209. The summed E-state index contributed by atoms with van der Waals surface area (Å²) in [6.07, 6.45) is 4.81. The maximum absolute atomic E-state index is 12.1. The number of piperazine rings is 1. The minimum absolute atomic E-state index is 0.209. The molecular weight excluding hydrogens is 238 g/mol. The third-order valence-electron chi connectivity index (χ3n) is 5.06. The van der Waals surface area contributed by atoms with Crippen LogP contribution in [0.3, 0.4) is 0 Å². The SMILES string of the molecule is CC1(C)NCCCC1N1CCN(C(=O)C2CC2)CC1. The largest absolute Gasteiger partial charge is 0.340 e. The van der Waals surface area contributed by atoms with E-state index in [4.69, 9.17) is 0 Å². The molecule has 19 heavy (non-hydrogen) atoms. The molecule has 4 nitrogen and oxygen atoms in total. The van der Waals surface area contributed by atoms with E-state index in [1.807, 2.05) is 0 Å². The van der Waals surface area contributed by atoms with Crippen LogP contribution in [0.2, 0.25) is 0 Å². The number of hydrogen-bond donors (Lipinski definition) is 1. The first-order valence-electron chi connectivity index (χ1n) is 7.86. The highest BCUT2D eigenvalue weighted by atomic mass is 16.2. The zero-order valence-electron chi connectivity index (χ0n) is 12.3. The van der Waals surface area contributed by atoms with Gasteiger partial charge in [-0.05, 0) is 46.1 Å². The van der Waals surface area contributed by atoms with Crippen molar-refractivity contribution in [3.05, 3.63) is 0 Å². The van der Waals surface area contributed by atoms with E-state index in [2.05, 4.69) is 29.0 Å². The number of nitrogens with zero attached hydrogens (tertiary/aromatic N) is 2. The fourth-order valence-electron chi connectivity index (χ4n) is 3.67. The lowest BCUT2D eigenvalue weighted by Gasteiger charge is -2.48. The van der Waals surface area contributed by atoms with Crippen LogP contribution in [0, 0.1) is 5.92 Å². The lowest BCUT2D eigenvalue weighted by atomic mass is 9.85. The second-order valence-electron chi connectivity index (χ2n) is 6.94. The van der Waals surface area contributed by atoms with Crippen LogP contribution in [0.15, 0.2) is 0 Å². The van der Waals surface area contributed by atoms with Crippen LogP contribution in [0.5, 0.6) is 0 Å². The highest BCUT2D eigenvalue weighted by Gasteiger charge is 2.39. The van der Waals surface area contributed by atoms with Gasteiger partial charge in [-0.25, -0.2) is 0 Å². The average molecular weight is 265 g/mol. The van der Waals surface area contributed by atoms with Crippen LogP contribution in [-0.2, 0) is 4.79 Å². The van der Waals surface area contributed by atoms with Gasteiger partial charge in [-0.3, -0.25) is 9.69 Å². The van der Waals surface area contributed by atoms with Gasteiger partial charge in [-0.15, -0.1) is 0 Å². The lowest BCUT2D eigenvalue weighted by molar-refractivity contribution is -0.135. The van der Waals surface area contributed by atoms with Crippen molar-refractivity contribution < 1.29 is 4.79 Å². The van der Waals surface area contributed by atoms with Gasteiger partial charge in [0.25, 0.3) is 0 Å². The molecule has 3 rings (SSSR count). The topological polar surface area (TPSA) is 35.6 Å². The Morgan fingerprint density at radius 3 is 2.37 bits per heavy atom. The quantitative estimate of drug-likeness (QED) is 0.811. The number of nitrogens with one attached hydrogen (secondary N) is 1. The summed E-state index contributed by atoms with van der Waals surface area (Å²) in [5.74, 6) is 0.792. The Morgan fingerprint density at radius 1 is 1.11 bits per heavy atom. The van der Waals surface area contributed by atoms with Crippen molar-refractivity contribution in [3.63, 3.8) is 0 Å². The molecule has 1 N–H and O–H groups in total. The van der Waals surface area contributed by atoms with E-state index in [-0.39, 0.29) is 5.54 Å². The predicted molar refractivity (Wildman–Crippen MR) is 76.0 cm³/mol. The highest BCUT2D eigenvalue weighted by molar-refractivity contribution is 5.81. The zero-order valence-corrected chi connectivity index (χ0v) is 12.3. The molecule has 0 aromatic rings. The lowest BCUT2D eigenvalue weighted by Crippen LogP contribution is -2.63. The molecule has 2 saturated heterocycles. The normalized spacial score (nSPS) is 32.3. The monoisotopic (exact) mass is 265 g/mol. The Kier molecular flexibility index (Phi) is 3.56. The van der Waals surface area contributed by atoms with Crippen LogP contribution in [0.25, 0.3) is 0 Å². The van der Waals surface area contributed by atoms with Crippen LogP contribution < -0.4 is 5.32 Å². The van der Waals surface area contributed by atoms with Gasteiger partial charge in [0.05, 0.1) is 0 Å². The number of piperidine rings is 1. The van der Waals surface area contributed by atoms with Crippen LogP contribution >= 0.6 is 0 Å². The molecule has 4 heteroatoms. The molecule has 1 unspecified atom stereocenters. The molecule has 108 valence electrons. The third kappa shape index (κ3) is 2.79. The fraction of sp³-hybridized carbons (Fsp3) is 0.933. The van der Waals surface area contributed by atoms with E-state index >= 15 is 0 Å². The Bertz CT molecular complexity index is 343. The molecular formula is C15H27N3O. The number of rotatable bonds is 2. The van der Waals surface area contributed by atoms with Gasteiger partial charge in [0.1, 0.15) is 0 Å². The maximum atomic E-state index is 12.1. The van der Waals surface area contributed by atoms with Gasteiger partial charge >= 0.3 is 0 Å². The van der Waals surface area contributed by atoms with E-state index in [1.165, 1.54) is 12.8 Å². The van der Waals surface area contributed by atoms with Crippen molar-refractivity contribution in [1.29, 1.82) is 0 Å². The molecule has 1 amide bonds. The van der Waals surface area contributed by atoms with Crippen LogP contribution in [0.1, 0.15) is 39.5 Å². The second-order valence-corrected chi connectivity index (χ2v) is 6.94. The molecule has 0 aromatic carbocycles. The minimum Gasteiger partial charge on any atom is -0.340 e. The van der Waals surface area contributed by atoms with E-state index in [1.54, 1.807) is 0 Å². The van der Waals surface area contributed by atoms with Gasteiger partial charge in [0.15, 0.2) is 0 Å². The molecule has 1 saturated carbocycles. The number of amides is 1. The third-order valence-corrected chi connectivity index (χ3v) is 5.06. The van der Waals surface area contributed by atoms with Crippen molar-refractivity contribution in [1.82, 2.24) is 15.1 Å². The van der Waals surface area contributed by atoms with Crippen molar-refractivity contribution in [2.75, 3.05) is 32.7 Å². The second kappa shape index (κ2) is 5.06. The average Bonchev–Trinajstić information content (AvgIpc) is 3.22. The van der Waals surface area contributed by atoms with Crippen LogP contribution in [-0.4, -0.2) is 60.0 Å². The first-order chi connectivity index (χ1) is 9.08. The Hall–Kier alpha value is -0.610. The highest BCUT2D eigenvalue weighted by Crippen LogP contribution is 2.32. The summed E-state index contributed by atoms with van der Waals surface area (Å²) in [6, 6.07) is 0.624. The molecule has 1 aliphatic carbocycles. The molecule has 0 aromatic heterocycles. The Labute approximate surface area is 116 Å². The molecule has 2 heterocycles. The molecule has 0 spiro atoms. The molecule has 2 aliphatic heterocycles. The van der Waals surface area contributed by atoms with E-state index in [0.29, 0.717) is 17.9 Å². The summed E-state index contributed by atoms with van der Waals surface area (Å²) in [5.41, 5.74) is 0.209. The zero-order chi connectivity index (χ0) is 13.5. The van der Waals surface area contributed by atoms with Gasteiger partial charge in [0, 0.05) is 43.7 Å². The van der Waals surface area contributed by atoms with Crippen molar-refractivity contribution in [2.24, 2.45) is 5.92 Å². The maximum Gasteiger partial charge on any atom is 0.225 e. The molecule has 3 aliphatic rings.